The quantitative estimate of drug-likeness (QED) is 0.418. The molecule has 0 unspecified atom stereocenters. The first-order valence-corrected chi connectivity index (χ1v) is 9.41. The summed E-state index contributed by atoms with van der Waals surface area (Å²) in [6.07, 6.45) is 1.50. The normalized spacial score (nSPS) is 10.9. The Balaban J connectivity index is 1.63. The van der Waals surface area contributed by atoms with Gasteiger partial charge in [-0.25, -0.2) is 4.79 Å². The smallest absolute Gasteiger partial charge is 0.340 e. The fraction of sp³-hybridized carbons (Fsp3) is 0.0909. The van der Waals surface area contributed by atoms with Gasteiger partial charge >= 0.3 is 5.97 Å². The van der Waals surface area contributed by atoms with Gasteiger partial charge in [-0.05, 0) is 38.8 Å². The van der Waals surface area contributed by atoms with Gasteiger partial charge in [0.05, 0.1) is 22.7 Å². The van der Waals surface area contributed by atoms with Gasteiger partial charge in [0.25, 0.3) is 5.91 Å². The lowest BCUT2D eigenvalue weighted by atomic mass is 10.1. The van der Waals surface area contributed by atoms with E-state index in [2.05, 4.69) is 15.9 Å². The van der Waals surface area contributed by atoms with Gasteiger partial charge in [-0.3, -0.25) is 9.36 Å². The fourth-order valence-electron chi connectivity index (χ4n) is 3.19. The SMILES string of the molecule is COC(=O)c1cn(C(=O)COc2ccc3ccccc3c2Br)c2ccccc12. The Morgan fingerprint density at radius 3 is 2.46 bits per heavy atom. The van der Waals surface area contributed by atoms with Crippen molar-refractivity contribution in [3.63, 3.8) is 0 Å². The second-order valence-electron chi connectivity index (χ2n) is 6.20. The first-order chi connectivity index (χ1) is 13.6. The van der Waals surface area contributed by atoms with Crippen LogP contribution < -0.4 is 4.74 Å². The molecular formula is C22H16BrNO4. The summed E-state index contributed by atoms with van der Waals surface area (Å²) in [5.41, 5.74) is 0.979. The van der Waals surface area contributed by atoms with Gasteiger partial charge in [0.15, 0.2) is 6.61 Å². The van der Waals surface area contributed by atoms with Crippen LogP contribution in [0.3, 0.4) is 0 Å². The molecule has 0 saturated carbocycles. The molecule has 0 aliphatic carbocycles. The van der Waals surface area contributed by atoms with Crippen LogP contribution in [0.15, 0.2) is 71.3 Å². The molecule has 0 N–H and O–H groups in total. The zero-order valence-corrected chi connectivity index (χ0v) is 16.6. The predicted octanol–water partition coefficient (Wildman–Crippen LogP) is 5.06. The zero-order chi connectivity index (χ0) is 19.7. The molecule has 1 aromatic heterocycles. The lowest BCUT2D eigenvalue weighted by Gasteiger charge is -2.10. The number of aromatic nitrogens is 1. The van der Waals surface area contributed by atoms with Gasteiger partial charge in [0.1, 0.15) is 5.75 Å². The molecule has 0 atom stereocenters. The summed E-state index contributed by atoms with van der Waals surface area (Å²) >= 11 is 3.56. The Bertz CT molecular complexity index is 1210. The summed E-state index contributed by atoms with van der Waals surface area (Å²) in [4.78, 5) is 24.8. The van der Waals surface area contributed by atoms with E-state index in [0.717, 1.165) is 15.2 Å². The van der Waals surface area contributed by atoms with Gasteiger partial charge in [-0.1, -0.05) is 48.5 Å². The van der Waals surface area contributed by atoms with Crippen LogP contribution >= 0.6 is 15.9 Å². The Kier molecular flexibility index (Phi) is 4.88. The van der Waals surface area contributed by atoms with E-state index in [9.17, 15) is 9.59 Å². The van der Waals surface area contributed by atoms with Gasteiger partial charge < -0.3 is 9.47 Å². The van der Waals surface area contributed by atoms with E-state index in [1.54, 1.807) is 12.1 Å². The van der Waals surface area contributed by atoms with Crippen LogP contribution in [0.4, 0.5) is 0 Å². The van der Waals surface area contributed by atoms with Gasteiger partial charge in [0, 0.05) is 11.6 Å². The second kappa shape index (κ2) is 7.48. The van der Waals surface area contributed by atoms with E-state index in [4.69, 9.17) is 9.47 Å². The number of methoxy groups -OCH3 is 1. The van der Waals surface area contributed by atoms with Gasteiger partial charge in [-0.15, -0.1) is 0 Å². The highest BCUT2D eigenvalue weighted by atomic mass is 79.9. The summed E-state index contributed by atoms with van der Waals surface area (Å²) in [5, 5.41) is 2.74. The number of hydrogen-bond donors (Lipinski definition) is 0. The second-order valence-corrected chi connectivity index (χ2v) is 7.00. The number of ether oxygens (including phenoxy) is 2. The average Bonchev–Trinajstić information content (AvgIpc) is 3.12. The first kappa shape index (κ1) is 18.3. The van der Waals surface area contributed by atoms with E-state index in [1.807, 2.05) is 48.5 Å². The predicted molar refractivity (Wildman–Crippen MR) is 111 cm³/mol. The molecule has 3 aromatic carbocycles. The number of halogens is 1. The summed E-state index contributed by atoms with van der Waals surface area (Å²) in [7, 11) is 1.32. The van der Waals surface area contributed by atoms with Crippen molar-refractivity contribution in [2.75, 3.05) is 13.7 Å². The van der Waals surface area contributed by atoms with Crippen molar-refractivity contribution in [1.29, 1.82) is 0 Å². The highest BCUT2D eigenvalue weighted by Gasteiger charge is 2.19. The van der Waals surface area contributed by atoms with Crippen molar-refractivity contribution >= 4 is 49.5 Å². The van der Waals surface area contributed by atoms with Crippen molar-refractivity contribution in [1.82, 2.24) is 4.57 Å². The Morgan fingerprint density at radius 2 is 1.68 bits per heavy atom. The minimum absolute atomic E-state index is 0.170. The van der Waals surface area contributed by atoms with E-state index >= 15 is 0 Å². The first-order valence-electron chi connectivity index (χ1n) is 8.62. The summed E-state index contributed by atoms with van der Waals surface area (Å²) in [6.45, 7) is -0.170. The molecule has 0 fully saturated rings. The van der Waals surface area contributed by atoms with E-state index < -0.39 is 5.97 Å². The molecule has 0 bridgehead atoms. The van der Waals surface area contributed by atoms with Crippen LogP contribution in [0.25, 0.3) is 21.7 Å². The van der Waals surface area contributed by atoms with Gasteiger partial charge in [-0.2, -0.15) is 0 Å². The topological polar surface area (TPSA) is 57.5 Å². The Hall–Kier alpha value is -3.12. The van der Waals surface area contributed by atoms with Crippen LogP contribution in [0, 0.1) is 0 Å². The monoisotopic (exact) mass is 437 g/mol. The molecule has 5 nitrogen and oxygen atoms in total. The highest BCUT2D eigenvalue weighted by Crippen LogP contribution is 2.33. The zero-order valence-electron chi connectivity index (χ0n) is 15.0. The number of carbonyl (C=O) groups is 2. The van der Waals surface area contributed by atoms with Gasteiger partial charge in [0.2, 0.25) is 0 Å². The number of nitrogens with zero attached hydrogens (tertiary/aromatic N) is 1. The molecule has 0 radical (unpaired) electrons. The van der Waals surface area contributed by atoms with Crippen LogP contribution in [-0.4, -0.2) is 30.2 Å². The maximum absolute atomic E-state index is 12.8. The average molecular weight is 438 g/mol. The number of para-hydroxylation sites is 1. The van der Waals surface area contributed by atoms with Crippen molar-refractivity contribution in [3.8, 4) is 5.75 Å². The van der Waals surface area contributed by atoms with Crippen molar-refractivity contribution in [2.24, 2.45) is 0 Å². The number of rotatable bonds is 4. The number of hydrogen-bond acceptors (Lipinski definition) is 4. The number of esters is 1. The minimum atomic E-state index is -0.485. The summed E-state index contributed by atoms with van der Waals surface area (Å²) < 4.78 is 12.8. The maximum atomic E-state index is 12.8. The fourth-order valence-corrected chi connectivity index (χ4v) is 3.80. The third kappa shape index (κ3) is 3.16. The molecule has 0 aliphatic heterocycles. The van der Waals surface area contributed by atoms with Crippen LogP contribution in [0.1, 0.15) is 15.2 Å². The van der Waals surface area contributed by atoms with E-state index in [1.165, 1.54) is 17.9 Å². The van der Waals surface area contributed by atoms with E-state index in [0.29, 0.717) is 22.2 Å². The van der Waals surface area contributed by atoms with Crippen LogP contribution in [0.2, 0.25) is 0 Å². The van der Waals surface area contributed by atoms with Crippen LogP contribution in [0.5, 0.6) is 5.75 Å². The van der Waals surface area contributed by atoms with Crippen molar-refractivity contribution < 1.29 is 19.1 Å². The lowest BCUT2D eigenvalue weighted by molar-refractivity contribution is 0.0603. The molecule has 28 heavy (non-hydrogen) atoms. The molecule has 6 heteroatoms. The van der Waals surface area contributed by atoms with Crippen molar-refractivity contribution in [3.05, 3.63) is 76.9 Å². The van der Waals surface area contributed by atoms with E-state index in [-0.39, 0.29) is 12.5 Å². The molecule has 0 aliphatic rings. The minimum Gasteiger partial charge on any atom is -0.483 e. The molecule has 1 heterocycles. The molecular weight excluding hydrogens is 422 g/mol. The largest absolute Gasteiger partial charge is 0.483 e. The van der Waals surface area contributed by atoms with Crippen molar-refractivity contribution in [2.45, 2.75) is 0 Å². The molecule has 4 rings (SSSR count). The standard InChI is InChI=1S/C22H16BrNO4/c1-27-22(26)17-12-24(18-9-5-4-8-16(17)18)20(25)13-28-19-11-10-14-6-2-3-7-15(14)21(19)23/h2-12H,13H2,1H3. The van der Waals surface area contributed by atoms with Crippen LogP contribution in [-0.2, 0) is 4.74 Å². The molecule has 0 spiro atoms. The Labute approximate surface area is 169 Å². The number of benzene rings is 3. The molecule has 4 aromatic rings. The number of fused-ring (bicyclic) bond motifs is 2. The third-order valence-electron chi connectivity index (χ3n) is 4.56. The molecule has 140 valence electrons. The molecule has 0 amide bonds. The lowest BCUT2D eigenvalue weighted by Crippen LogP contribution is -2.18. The summed E-state index contributed by atoms with van der Waals surface area (Å²) in [6, 6.07) is 18.9. The third-order valence-corrected chi connectivity index (χ3v) is 5.38. The highest BCUT2D eigenvalue weighted by molar-refractivity contribution is 9.10. The Morgan fingerprint density at radius 1 is 0.964 bits per heavy atom. The number of carbonyl (C=O) groups excluding carboxylic acids is 2. The summed E-state index contributed by atoms with van der Waals surface area (Å²) in [5.74, 6) is -0.191. The maximum Gasteiger partial charge on any atom is 0.340 e. The molecule has 0 saturated heterocycles.